The van der Waals surface area contributed by atoms with Gasteiger partial charge in [-0.25, -0.2) is 0 Å². The number of hydrogen-bond acceptors (Lipinski definition) is 5. The first-order chi connectivity index (χ1) is 13.1. The molecule has 150 valence electrons. The number of nitrogens with zero attached hydrogens (tertiary/aromatic N) is 1. The summed E-state index contributed by atoms with van der Waals surface area (Å²) in [5.41, 5.74) is 7.57. The number of rotatable bonds is 7. The number of primary amides is 1. The van der Waals surface area contributed by atoms with Gasteiger partial charge in [-0.2, -0.15) is 0 Å². The second-order valence-corrected chi connectivity index (χ2v) is 7.71. The highest BCUT2D eigenvalue weighted by Crippen LogP contribution is 2.32. The lowest BCUT2D eigenvalue weighted by Gasteiger charge is -2.24. The number of amides is 2. The smallest absolute Gasteiger partial charge is 0.267 e. The fourth-order valence-corrected chi connectivity index (χ4v) is 3.10. The fraction of sp³-hybridized carbons (Fsp3) is 0.381. The van der Waals surface area contributed by atoms with Crippen molar-refractivity contribution < 1.29 is 19.8 Å². The third kappa shape index (κ3) is 5.29. The van der Waals surface area contributed by atoms with Gasteiger partial charge in [-0.05, 0) is 36.0 Å². The van der Waals surface area contributed by atoms with Crippen LogP contribution in [0.1, 0.15) is 54.4 Å². The van der Waals surface area contributed by atoms with Gasteiger partial charge in [0.05, 0.1) is 6.42 Å². The Morgan fingerprint density at radius 2 is 1.93 bits per heavy atom. The standard InChI is InChI=1S/C21H27N3O4/c1-21(2,3)18-15(8-9-23-19(18)20(22)28)24-17(27)12-14-11-13(5-4-10-25)6-7-16(14)26/h6-9,11,25-26H,4-5,10,12H2,1-3H3,(H2,22,28)(H,23,24,27). The highest BCUT2D eigenvalue weighted by atomic mass is 16.3. The van der Waals surface area contributed by atoms with E-state index in [-0.39, 0.29) is 30.4 Å². The number of aromatic nitrogens is 1. The number of anilines is 1. The van der Waals surface area contributed by atoms with Gasteiger partial charge in [-0.15, -0.1) is 0 Å². The van der Waals surface area contributed by atoms with Crippen LogP contribution < -0.4 is 11.1 Å². The molecule has 0 atom stereocenters. The molecular formula is C21H27N3O4. The molecule has 0 saturated heterocycles. The largest absolute Gasteiger partial charge is 0.508 e. The Balaban J connectivity index is 2.27. The van der Waals surface area contributed by atoms with E-state index in [4.69, 9.17) is 10.8 Å². The molecule has 28 heavy (non-hydrogen) atoms. The Labute approximate surface area is 164 Å². The van der Waals surface area contributed by atoms with E-state index < -0.39 is 11.3 Å². The maximum Gasteiger partial charge on any atom is 0.267 e. The molecule has 7 heteroatoms. The number of nitrogens with two attached hydrogens (primary N) is 1. The van der Waals surface area contributed by atoms with Crippen LogP contribution in [0.4, 0.5) is 5.69 Å². The molecule has 1 heterocycles. The summed E-state index contributed by atoms with van der Waals surface area (Å²) in [7, 11) is 0. The van der Waals surface area contributed by atoms with Crippen molar-refractivity contribution in [2.24, 2.45) is 5.73 Å². The lowest BCUT2D eigenvalue weighted by molar-refractivity contribution is -0.115. The van der Waals surface area contributed by atoms with Gasteiger partial charge >= 0.3 is 0 Å². The van der Waals surface area contributed by atoms with E-state index in [0.29, 0.717) is 29.7 Å². The monoisotopic (exact) mass is 385 g/mol. The van der Waals surface area contributed by atoms with Gasteiger partial charge in [-0.1, -0.05) is 32.9 Å². The number of carbonyl (C=O) groups is 2. The molecule has 7 nitrogen and oxygen atoms in total. The van der Waals surface area contributed by atoms with Crippen LogP contribution in [-0.4, -0.2) is 33.6 Å². The van der Waals surface area contributed by atoms with Crippen molar-refractivity contribution in [3.05, 3.63) is 52.8 Å². The number of phenolic OH excluding ortho intramolecular Hbond substituents is 1. The number of benzene rings is 1. The van der Waals surface area contributed by atoms with Crippen molar-refractivity contribution in [1.82, 2.24) is 4.98 Å². The predicted octanol–water partition coefficient (Wildman–Crippen LogP) is 2.29. The fourth-order valence-electron chi connectivity index (χ4n) is 3.10. The number of phenols is 1. The minimum absolute atomic E-state index is 0.0311. The van der Waals surface area contributed by atoms with Crippen LogP contribution in [0.15, 0.2) is 30.5 Å². The average molecular weight is 385 g/mol. The number of aliphatic hydroxyl groups is 1. The van der Waals surface area contributed by atoms with Crippen molar-refractivity contribution in [2.75, 3.05) is 11.9 Å². The minimum atomic E-state index is -0.657. The van der Waals surface area contributed by atoms with Gasteiger partial charge in [0, 0.05) is 29.6 Å². The number of pyridine rings is 1. The van der Waals surface area contributed by atoms with Gasteiger partial charge in [-0.3, -0.25) is 14.6 Å². The summed E-state index contributed by atoms with van der Waals surface area (Å²) in [6.07, 6.45) is 2.67. The zero-order chi connectivity index (χ0) is 20.9. The lowest BCUT2D eigenvalue weighted by atomic mass is 9.84. The first kappa shape index (κ1) is 21.4. The summed E-state index contributed by atoms with van der Waals surface area (Å²) in [4.78, 5) is 28.4. The van der Waals surface area contributed by atoms with Crippen molar-refractivity contribution in [3.8, 4) is 5.75 Å². The van der Waals surface area contributed by atoms with Gasteiger partial charge in [0.25, 0.3) is 5.91 Å². The van der Waals surface area contributed by atoms with E-state index in [1.807, 2.05) is 20.8 Å². The Kier molecular flexibility index (Phi) is 6.75. The third-order valence-corrected chi connectivity index (χ3v) is 4.33. The summed E-state index contributed by atoms with van der Waals surface area (Å²) in [5, 5.41) is 21.9. The normalized spacial score (nSPS) is 11.3. The molecule has 0 aliphatic carbocycles. The number of carbonyl (C=O) groups excluding carboxylic acids is 2. The van der Waals surface area contributed by atoms with E-state index in [1.54, 1.807) is 24.3 Å². The number of aliphatic hydroxyl groups excluding tert-OH is 1. The van der Waals surface area contributed by atoms with Gasteiger partial charge < -0.3 is 21.3 Å². The summed E-state index contributed by atoms with van der Waals surface area (Å²) in [6.45, 7) is 5.80. The van der Waals surface area contributed by atoms with Crippen molar-refractivity contribution in [3.63, 3.8) is 0 Å². The first-order valence-corrected chi connectivity index (χ1v) is 9.14. The van der Waals surface area contributed by atoms with Gasteiger partial charge in [0.1, 0.15) is 11.4 Å². The van der Waals surface area contributed by atoms with Crippen LogP contribution in [0, 0.1) is 0 Å². The lowest BCUT2D eigenvalue weighted by Crippen LogP contribution is -2.26. The average Bonchev–Trinajstić information content (AvgIpc) is 2.61. The predicted molar refractivity (Wildman–Crippen MR) is 107 cm³/mol. The van der Waals surface area contributed by atoms with Crippen LogP contribution in [0.25, 0.3) is 0 Å². The van der Waals surface area contributed by atoms with Crippen molar-refractivity contribution >= 4 is 17.5 Å². The maximum absolute atomic E-state index is 12.6. The molecule has 2 rings (SSSR count). The molecule has 0 spiro atoms. The highest BCUT2D eigenvalue weighted by Gasteiger charge is 2.26. The Bertz CT molecular complexity index is 872. The van der Waals surface area contributed by atoms with E-state index >= 15 is 0 Å². The number of hydrogen-bond donors (Lipinski definition) is 4. The van der Waals surface area contributed by atoms with Crippen LogP contribution in [0.5, 0.6) is 5.75 Å². The number of nitrogens with one attached hydrogen (secondary N) is 1. The molecule has 0 fully saturated rings. The number of aryl methyl sites for hydroxylation is 1. The molecule has 2 amide bonds. The molecule has 0 radical (unpaired) electrons. The zero-order valence-corrected chi connectivity index (χ0v) is 16.5. The molecule has 1 aromatic heterocycles. The second kappa shape index (κ2) is 8.84. The molecule has 0 bridgehead atoms. The van der Waals surface area contributed by atoms with Crippen molar-refractivity contribution in [2.45, 2.75) is 45.4 Å². The Morgan fingerprint density at radius 3 is 2.54 bits per heavy atom. The van der Waals surface area contributed by atoms with Gasteiger partial charge in [0.2, 0.25) is 5.91 Å². The van der Waals surface area contributed by atoms with E-state index in [1.165, 1.54) is 6.20 Å². The minimum Gasteiger partial charge on any atom is -0.508 e. The Morgan fingerprint density at radius 1 is 1.21 bits per heavy atom. The quantitative estimate of drug-likeness (QED) is 0.582. The maximum atomic E-state index is 12.6. The molecular weight excluding hydrogens is 358 g/mol. The molecule has 1 aromatic carbocycles. The molecule has 0 unspecified atom stereocenters. The molecule has 0 aliphatic heterocycles. The van der Waals surface area contributed by atoms with Gasteiger partial charge in [0.15, 0.2) is 0 Å². The highest BCUT2D eigenvalue weighted by molar-refractivity contribution is 5.98. The van der Waals surface area contributed by atoms with Crippen LogP contribution in [-0.2, 0) is 23.1 Å². The van der Waals surface area contributed by atoms with E-state index in [9.17, 15) is 14.7 Å². The topological polar surface area (TPSA) is 126 Å². The summed E-state index contributed by atoms with van der Waals surface area (Å²) < 4.78 is 0. The summed E-state index contributed by atoms with van der Waals surface area (Å²) in [5.74, 6) is -0.955. The van der Waals surface area contributed by atoms with Crippen LogP contribution >= 0.6 is 0 Å². The molecule has 0 aliphatic rings. The zero-order valence-electron chi connectivity index (χ0n) is 16.5. The van der Waals surface area contributed by atoms with Crippen LogP contribution in [0.3, 0.4) is 0 Å². The van der Waals surface area contributed by atoms with E-state index in [2.05, 4.69) is 10.3 Å². The summed E-state index contributed by atoms with van der Waals surface area (Å²) >= 11 is 0. The molecule has 0 saturated carbocycles. The first-order valence-electron chi connectivity index (χ1n) is 9.14. The third-order valence-electron chi connectivity index (χ3n) is 4.33. The molecule has 2 aromatic rings. The van der Waals surface area contributed by atoms with E-state index in [0.717, 1.165) is 5.56 Å². The summed E-state index contributed by atoms with van der Waals surface area (Å²) in [6, 6.07) is 6.71. The SMILES string of the molecule is CC(C)(C)c1c(NC(=O)Cc2cc(CCCO)ccc2O)ccnc1C(N)=O. The van der Waals surface area contributed by atoms with Crippen LogP contribution in [0.2, 0.25) is 0 Å². The second-order valence-electron chi connectivity index (χ2n) is 7.71. The number of aromatic hydroxyl groups is 1. The Hall–Kier alpha value is -2.93. The van der Waals surface area contributed by atoms with Crippen molar-refractivity contribution in [1.29, 1.82) is 0 Å². The molecule has 5 N–H and O–H groups in total.